The molecule has 1 aliphatic carbocycles. The first-order valence-electron chi connectivity index (χ1n) is 7.57. The molecule has 0 heterocycles. The second-order valence-electron chi connectivity index (χ2n) is 6.25. The summed E-state index contributed by atoms with van der Waals surface area (Å²) >= 11 is 0.311. The fourth-order valence-electron chi connectivity index (χ4n) is 3.14. The van der Waals surface area contributed by atoms with Crippen LogP contribution in [0.5, 0.6) is 0 Å². The fraction of sp³-hybridized carbons (Fsp3) is 0.529. The molecule has 1 aromatic rings. The Balaban J connectivity index is 0.00000242. The van der Waals surface area contributed by atoms with Crippen LogP contribution in [0.4, 0.5) is 5.69 Å². The monoisotopic (exact) mass is 653 g/mol. The van der Waals surface area contributed by atoms with Crippen LogP contribution in [0.2, 0.25) is 0 Å². The minimum absolute atomic E-state index is 0. The van der Waals surface area contributed by atoms with Crippen molar-refractivity contribution in [2.75, 3.05) is 5.32 Å². The van der Waals surface area contributed by atoms with Crippen LogP contribution in [0.15, 0.2) is 12.1 Å². The molecule has 3 nitrogen and oxygen atoms in total. The number of benzene rings is 1. The van der Waals surface area contributed by atoms with E-state index < -0.39 is 0 Å². The molecule has 5 heteroatoms. The molecule has 0 aromatic heterocycles. The van der Waals surface area contributed by atoms with Gasteiger partial charge in [-0.15, -0.1) is 0 Å². The molecule has 2 rings (SSSR count). The zero-order chi connectivity index (χ0) is 15.6. The van der Waals surface area contributed by atoms with Gasteiger partial charge in [0, 0.05) is 25.8 Å². The molecule has 0 radical (unpaired) electrons. The molecule has 0 spiro atoms. The molecule has 1 aliphatic rings. The van der Waals surface area contributed by atoms with Crippen LogP contribution in [-0.4, -0.2) is 11.7 Å². The van der Waals surface area contributed by atoms with Gasteiger partial charge >= 0.3 is 143 Å². The van der Waals surface area contributed by atoms with E-state index in [1.807, 2.05) is 0 Å². The number of nitrogens with one attached hydrogen (secondary N) is 1. The van der Waals surface area contributed by atoms with Crippen molar-refractivity contribution in [2.24, 2.45) is 17.8 Å². The predicted molar refractivity (Wildman–Crippen MR) is 79.2 cm³/mol. The first-order chi connectivity index (χ1) is 9.88. The Bertz CT molecular complexity index is 562. The average Bonchev–Trinajstić information content (AvgIpc) is 2.70. The maximum Gasteiger partial charge on any atom is 0 e. The SMILES string of the molecule is CC(=O)c1ccc(NC(=O)CC2CCC(C)C2C)[c-][c]1[Hg].[Hf]. The third-order valence-corrected chi connectivity index (χ3v) is 6.93. The molecule has 22 heavy (non-hydrogen) atoms. The molecule has 113 valence electrons. The summed E-state index contributed by atoms with van der Waals surface area (Å²) in [4.78, 5) is 23.6. The third kappa shape index (κ3) is 5.09. The molecule has 3 unspecified atom stereocenters. The Morgan fingerprint density at radius 2 is 2.00 bits per heavy atom. The Hall–Kier alpha value is 0.165. The molecule has 1 amide bonds. The van der Waals surface area contributed by atoms with E-state index in [0.29, 0.717) is 50.1 Å². The summed E-state index contributed by atoms with van der Waals surface area (Å²) in [5, 5.41) is 2.94. The summed E-state index contributed by atoms with van der Waals surface area (Å²) in [6.07, 6.45) is 2.97. The summed E-state index contributed by atoms with van der Waals surface area (Å²) < 4.78 is 0.975. The van der Waals surface area contributed by atoms with Gasteiger partial charge in [0.05, 0.1) is 0 Å². The zero-order valence-corrected chi connectivity index (χ0v) is 22.6. The molecule has 1 fully saturated rings. The van der Waals surface area contributed by atoms with Crippen molar-refractivity contribution in [3.8, 4) is 0 Å². The number of ketones is 1. The van der Waals surface area contributed by atoms with Crippen LogP contribution in [0, 0.1) is 23.8 Å². The van der Waals surface area contributed by atoms with Crippen molar-refractivity contribution in [3.05, 3.63) is 23.8 Å². The molecule has 0 aliphatic heterocycles. The van der Waals surface area contributed by atoms with Crippen LogP contribution in [0.1, 0.15) is 50.4 Å². The van der Waals surface area contributed by atoms with E-state index in [9.17, 15) is 9.59 Å². The van der Waals surface area contributed by atoms with Crippen LogP contribution in [0.25, 0.3) is 0 Å². The van der Waals surface area contributed by atoms with Crippen molar-refractivity contribution >= 4 is 20.5 Å². The number of hydrogen-bond acceptors (Lipinski definition) is 2. The molecule has 1 N–H and O–H groups in total. The van der Waals surface area contributed by atoms with Gasteiger partial charge in [-0.1, -0.05) is 0 Å². The number of Topliss-reactive ketones (excluding diaryl/α,β-unsaturated/α-hetero) is 1. The third-order valence-electron chi connectivity index (χ3n) is 4.76. The Labute approximate surface area is 167 Å². The van der Waals surface area contributed by atoms with Gasteiger partial charge in [0.2, 0.25) is 0 Å². The summed E-state index contributed by atoms with van der Waals surface area (Å²) in [7, 11) is 0. The van der Waals surface area contributed by atoms with E-state index in [-0.39, 0.29) is 37.5 Å². The maximum atomic E-state index is 12.2. The fourth-order valence-corrected chi connectivity index (χ4v) is 5.30. The van der Waals surface area contributed by atoms with E-state index in [1.54, 1.807) is 19.1 Å². The van der Waals surface area contributed by atoms with E-state index in [0.717, 1.165) is 21.0 Å². The number of amides is 1. The molecular formula is C17H21HfHgNO2-. The van der Waals surface area contributed by atoms with Crippen LogP contribution in [-0.2, 0) is 56.8 Å². The summed E-state index contributed by atoms with van der Waals surface area (Å²) in [6, 6.07) is 6.75. The van der Waals surface area contributed by atoms with Crippen molar-refractivity contribution in [1.82, 2.24) is 0 Å². The number of rotatable bonds is 4. The molecule has 0 saturated heterocycles. The Kier molecular flexibility index (Phi) is 8.14. The van der Waals surface area contributed by atoms with Crippen LogP contribution in [0.3, 0.4) is 0 Å². The van der Waals surface area contributed by atoms with E-state index >= 15 is 0 Å². The van der Waals surface area contributed by atoms with Crippen LogP contribution >= 0.6 is 0 Å². The average molecular weight is 650 g/mol. The van der Waals surface area contributed by atoms with Gasteiger partial charge in [0.25, 0.3) is 0 Å². The summed E-state index contributed by atoms with van der Waals surface area (Å²) in [6.45, 7) is 6.09. The van der Waals surface area contributed by atoms with Gasteiger partial charge in [0.1, 0.15) is 0 Å². The van der Waals surface area contributed by atoms with Gasteiger partial charge in [0.15, 0.2) is 0 Å². The molecule has 0 bridgehead atoms. The molecule has 1 saturated carbocycles. The standard InChI is InChI=1S/C17H21NO2.Hf.Hg/c1-11-4-5-15(12(11)2)10-17(20)18-16-8-6-14(7-9-16)13(3)19;;/h6,8,11-12,15H,4-5,10H2,1-3H3,(H,18,20);;/q-1;;. The van der Waals surface area contributed by atoms with Gasteiger partial charge < -0.3 is 0 Å². The first kappa shape index (κ1) is 20.2. The van der Waals surface area contributed by atoms with E-state index in [1.165, 1.54) is 6.42 Å². The van der Waals surface area contributed by atoms with E-state index in [2.05, 4.69) is 25.2 Å². The number of carbonyl (C=O) groups excluding carboxylic acids is 2. The first-order valence-corrected chi connectivity index (χ1v) is 10.3. The zero-order valence-electron chi connectivity index (χ0n) is 13.5. The van der Waals surface area contributed by atoms with E-state index in [4.69, 9.17) is 0 Å². The van der Waals surface area contributed by atoms with Gasteiger partial charge in [-0.25, -0.2) is 0 Å². The Morgan fingerprint density at radius 1 is 1.32 bits per heavy atom. The number of carbonyl (C=O) groups is 2. The molecule has 3 atom stereocenters. The largest absolute Gasteiger partial charge is 0 e. The van der Waals surface area contributed by atoms with Crippen molar-refractivity contribution in [3.63, 3.8) is 0 Å². The normalized spacial score (nSPS) is 23.8. The predicted octanol–water partition coefficient (Wildman–Crippen LogP) is 2.87. The van der Waals surface area contributed by atoms with Crippen molar-refractivity contribution in [2.45, 2.75) is 40.0 Å². The topological polar surface area (TPSA) is 46.2 Å². The number of anilines is 1. The molecule has 1 aromatic carbocycles. The minimum Gasteiger partial charge on any atom is 0 e. The minimum atomic E-state index is 0. The second-order valence-corrected chi connectivity index (χ2v) is 9.00. The smallest absolute Gasteiger partial charge is 0 e. The maximum absolute atomic E-state index is 12.2. The van der Waals surface area contributed by atoms with Crippen molar-refractivity contribution in [1.29, 1.82) is 0 Å². The van der Waals surface area contributed by atoms with Gasteiger partial charge in [-0.2, -0.15) is 0 Å². The molecular weight excluding hydrogens is 629 g/mol. The van der Waals surface area contributed by atoms with Crippen LogP contribution < -0.4 is 8.39 Å². The Morgan fingerprint density at radius 3 is 2.50 bits per heavy atom. The van der Waals surface area contributed by atoms with Gasteiger partial charge in [-0.05, 0) is 0 Å². The number of hydrogen-bond donors (Lipinski definition) is 1. The quantitative estimate of drug-likeness (QED) is 0.310. The van der Waals surface area contributed by atoms with Gasteiger partial charge in [-0.3, -0.25) is 0 Å². The summed E-state index contributed by atoms with van der Waals surface area (Å²) in [5.74, 6) is 1.98. The summed E-state index contributed by atoms with van der Waals surface area (Å²) in [5.41, 5.74) is 1.45. The second kappa shape index (κ2) is 8.86. The van der Waals surface area contributed by atoms with Crippen molar-refractivity contribution < 1.29 is 61.6 Å².